The average Bonchev–Trinajstić information content (AvgIpc) is 2.81. The number of ether oxygens (including phenoxy) is 1. The second-order valence-corrected chi connectivity index (χ2v) is 8.84. The minimum absolute atomic E-state index is 0.0710. The molecule has 160 valence electrons. The number of nitrogens with one attached hydrogen (secondary N) is 1. The molecule has 1 fully saturated rings. The number of hydrogen-bond donors (Lipinski definition) is 1. The van der Waals surface area contributed by atoms with Crippen LogP contribution < -0.4 is 5.32 Å². The van der Waals surface area contributed by atoms with Crippen LogP contribution in [-0.2, 0) is 17.0 Å². The zero-order valence-electron chi connectivity index (χ0n) is 17.8. The number of carbonyl (C=O) groups is 1. The molecule has 0 atom stereocenters. The molecule has 0 saturated carbocycles. The summed E-state index contributed by atoms with van der Waals surface area (Å²) in [6.07, 6.45) is 0. The summed E-state index contributed by atoms with van der Waals surface area (Å²) in [5.74, 6) is 0.834. The van der Waals surface area contributed by atoms with Crippen LogP contribution in [0.3, 0.4) is 0 Å². The normalized spacial score (nSPS) is 14.4. The predicted octanol–water partition coefficient (Wildman–Crippen LogP) is 5.37. The van der Waals surface area contributed by atoms with Crippen LogP contribution in [0.4, 0.5) is 5.69 Å². The third-order valence-electron chi connectivity index (χ3n) is 5.39. The van der Waals surface area contributed by atoms with E-state index in [1.807, 2.05) is 49.0 Å². The lowest BCUT2D eigenvalue weighted by molar-refractivity contribution is 0.0342. The van der Waals surface area contributed by atoms with Gasteiger partial charge >= 0.3 is 0 Å². The Morgan fingerprint density at radius 2 is 1.77 bits per heavy atom. The van der Waals surface area contributed by atoms with E-state index >= 15 is 0 Å². The van der Waals surface area contributed by atoms with Crippen molar-refractivity contribution in [1.82, 2.24) is 4.90 Å². The Morgan fingerprint density at radius 1 is 0.968 bits per heavy atom. The van der Waals surface area contributed by atoms with E-state index in [0.717, 1.165) is 55.4 Å². The van der Waals surface area contributed by atoms with Gasteiger partial charge in [-0.25, -0.2) is 0 Å². The molecule has 4 nitrogen and oxygen atoms in total. The maximum Gasteiger partial charge on any atom is 0.255 e. The van der Waals surface area contributed by atoms with E-state index < -0.39 is 0 Å². The molecule has 1 saturated heterocycles. The first-order valence-corrected chi connectivity index (χ1v) is 11.6. The minimum Gasteiger partial charge on any atom is -0.379 e. The van der Waals surface area contributed by atoms with Gasteiger partial charge in [-0.3, -0.25) is 9.69 Å². The Bertz CT molecular complexity index is 1020. The molecule has 0 bridgehead atoms. The molecule has 1 heterocycles. The second kappa shape index (κ2) is 10.6. The van der Waals surface area contributed by atoms with E-state index in [9.17, 15) is 4.79 Å². The number of anilines is 1. The molecule has 1 aliphatic rings. The van der Waals surface area contributed by atoms with Gasteiger partial charge < -0.3 is 10.1 Å². The Hall–Kier alpha value is -2.60. The van der Waals surface area contributed by atoms with Crippen LogP contribution in [0.25, 0.3) is 0 Å². The molecule has 4 rings (SSSR count). The first kappa shape index (κ1) is 21.6. The van der Waals surface area contributed by atoms with Crippen molar-refractivity contribution in [2.24, 2.45) is 0 Å². The van der Waals surface area contributed by atoms with Crippen LogP contribution in [0.1, 0.15) is 27.0 Å². The molecule has 5 heteroatoms. The number of hydrogen-bond acceptors (Lipinski definition) is 4. The highest BCUT2D eigenvalue weighted by Gasteiger charge is 2.13. The average molecular weight is 433 g/mol. The largest absolute Gasteiger partial charge is 0.379 e. The zero-order chi connectivity index (χ0) is 21.5. The first-order chi connectivity index (χ1) is 15.2. The standard InChI is InChI=1S/C26H28N2O2S/c1-20-16-22(19-31-24-8-3-2-4-9-24)10-11-25(20)27-26(29)23-7-5-6-21(17-23)18-28-12-14-30-15-13-28/h2-11,16-17H,12-15,18-19H2,1H3,(H,27,29). The van der Waals surface area contributed by atoms with Gasteiger partial charge in [0.15, 0.2) is 0 Å². The van der Waals surface area contributed by atoms with Crippen LogP contribution in [-0.4, -0.2) is 37.1 Å². The summed E-state index contributed by atoms with van der Waals surface area (Å²) in [5, 5.41) is 3.08. The Kier molecular flexibility index (Phi) is 7.41. The van der Waals surface area contributed by atoms with E-state index in [0.29, 0.717) is 5.56 Å². The van der Waals surface area contributed by atoms with Crippen LogP contribution in [0, 0.1) is 6.92 Å². The van der Waals surface area contributed by atoms with E-state index in [1.165, 1.54) is 10.5 Å². The van der Waals surface area contributed by atoms with Crippen LogP contribution in [0.5, 0.6) is 0 Å². The maximum absolute atomic E-state index is 12.9. The molecule has 1 aliphatic heterocycles. The summed E-state index contributed by atoms with van der Waals surface area (Å²) in [7, 11) is 0. The molecular formula is C26H28N2O2S. The van der Waals surface area contributed by atoms with Crippen LogP contribution in [0.15, 0.2) is 77.7 Å². The molecule has 3 aromatic carbocycles. The summed E-state index contributed by atoms with van der Waals surface area (Å²) in [4.78, 5) is 16.5. The second-order valence-electron chi connectivity index (χ2n) is 7.79. The van der Waals surface area contributed by atoms with Gasteiger partial charge in [0.2, 0.25) is 0 Å². The monoisotopic (exact) mass is 432 g/mol. The molecule has 0 aliphatic carbocycles. The van der Waals surface area contributed by atoms with E-state index in [4.69, 9.17) is 4.74 Å². The van der Waals surface area contributed by atoms with Crippen molar-refractivity contribution in [3.63, 3.8) is 0 Å². The van der Waals surface area contributed by atoms with Crippen molar-refractivity contribution in [3.05, 3.63) is 95.1 Å². The van der Waals surface area contributed by atoms with Gasteiger partial charge in [-0.15, -0.1) is 11.8 Å². The molecule has 3 aromatic rings. The fourth-order valence-electron chi connectivity index (χ4n) is 3.66. The number of thioether (sulfide) groups is 1. The van der Waals surface area contributed by atoms with E-state index in [2.05, 4.69) is 52.7 Å². The topological polar surface area (TPSA) is 41.6 Å². The molecule has 0 spiro atoms. The minimum atomic E-state index is -0.0710. The van der Waals surface area contributed by atoms with Crippen LogP contribution in [0.2, 0.25) is 0 Å². The Labute approximate surface area is 188 Å². The summed E-state index contributed by atoms with van der Waals surface area (Å²) in [5.41, 5.74) is 5.02. The number of rotatable bonds is 7. The van der Waals surface area contributed by atoms with Crippen molar-refractivity contribution >= 4 is 23.4 Å². The summed E-state index contributed by atoms with van der Waals surface area (Å²) < 4.78 is 5.42. The van der Waals surface area contributed by atoms with Gasteiger partial charge in [0, 0.05) is 41.5 Å². The van der Waals surface area contributed by atoms with Gasteiger partial charge in [0.05, 0.1) is 13.2 Å². The van der Waals surface area contributed by atoms with Gasteiger partial charge in [-0.05, 0) is 53.9 Å². The summed E-state index contributed by atoms with van der Waals surface area (Å²) in [6.45, 7) is 6.31. The lowest BCUT2D eigenvalue weighted by atomic mass is 10.1. The SMILES string of the molecule is Cc1cc(CSc2ccccc2)ccc1NC(=O)c1cccc(CN2CCOCC2)c1. The van der Waals surface area contributed by atoms with Crippen molar-refractivity contribution in [2.75, 3.05) is 31.6 Å². The third-order valence-corrected chi connectivity index (χ3v) is 6.47. The number of carbonyl (C=O) groups excluding carboxylic acids is 1. The Balaban J connectivity index is 1.37. The number of morpholine rings is 1. The van der Waals surface area contributed by atoms with Crippen molar-refractivity contribution < 1.29 is 9.53 Å². The molecule has 0 unspecified atom stereocenters. The lowest BCUT2D eigenvalue weighted by Crippen LogP contribution is -2.35. The summed E-state index contributed by atoms with van der Waals surface area (Å²) in [6, 6.07) is 24.5. The fraction of sp³-hybridized carbons (Fsp3) is 0.269. The van der Waals surface area contributed by atoms with Crippen LogP contribution >= 0.6 is 11.8 Å². The van der Waals surface area contributed by atoms with E-state index in [1.54, 1.807) is 0 Å². The molecule has 1 amide bonds. The highest BCUT2D eigenvalue weighted by Crippen LogP contribution is 2.25. The van der Waals surface area contributed by atoms with Crippen molar-refractivity contribution in [2.45, 2.75) is 24.1 Å². The number of amides is 1. The lowest BCUT2D eigenvalue weighted by Gasteiger charge is -2.26. The van der Waals surface area contributed by atoms with E-state index in [-0.39, 0.29) is 5.91 Å². The predicted molar refractivity (Wildman–Crippen MR) is 128 cm³/mol. The maximum atomic E-state index is 12.9. The smallest absolute Gasteiger partial charge is 0.255 e. The number of benzene rings is 3. The quantitative estimate of drug-likeness (QED) is 0.510. The molecule has 0 radical (unpaired) electrons. The number of nitrogens with zero attached hydrogens (tertiary/aromatic N) is 1. The third kappa shape index (κ3) is 6.20. The molecule has 1 N–H and O–H groups in total. The highest BCUT2D eigenvalue weighted by molar-refractivity contribution is 7.98. The summed E-state index contributed by atoms with van der Waals surface area (Å²) >= 11 is 1.82. The van der Waals surface area contributed by atoms with Gasteiger partial charge in [-0.2, -0.15) is 0 Å². The molecular weight excluding hydrogens is 404 g/mol. The molecule has 31 heavy (non-hydrogen) atoms. The highest BCUT2D eigenvalue weighted by atomic mass is 32.2. The van der Waals surface area contributed by atoms with Gasteiger partial charge in [0.1, 0.15) is 0 Å². The van der Waals surface area contributed by atoms with Crippen molar-refractivity contribution in [3.8, 4) is 0 Å². The number of aryl methyl sites for hydroxylation is 1. The van der Waals surface area contributed by atoms with Gasteiger partial charge in [0.25, 0.3) is 5.91 Å². The first-order valence-electron chi connectivity index (χ1n) is 10.7. The fourth-order valence-corrected chi connectivity index (χ4v) is 4.52. The van der Waals surface area contributed by atoms with Crippen molar-refractivity contribution in [1.29, 1.82) is 0 Å². The Morgan fingerprint density at radius 3 is 2.55 bits per heavy atom. The van der Waals surface area contributed by atoms with Gasteiger partial charge in [-0.1, -0.05) is 42.5 Å². The molecule has 0 aromatic heterocycles. The zero-order valence-corrected chi connectivity index (χ0v) is 18.7.